The SMILES string of the molecule is CC.CC.CC/C=C\C/C=C\C(O)=C/CN=Cc1csc(NC(C)C)n1.CCCCC/C=C\C(C)C(NC(=O)[C@@H]1CCCN1C(=O)CNC(=O)OC(C(=O)Cc1ccc(F)cc1)C(C)C)C(=O)O. The standard InChI is InChI=1S/C31H44FN3O7.C17H25N3OS.2C2H6/c1-5-6-7-8-9-11-21(4)27(30(39)40)34-29(38)24-12-10-17-35(24)26(37)19-33-31(41)42-28(20(2)3)25(36)18-22-13-15-23(32)16-14-22;1-4-5-6-7-8-9-16(21)10-11-18-12-15-13-22-17(20-15)19-14(2)3;2*1-2/h9,11,13-16,20-21,24,27-28H,5-8,10,12,17-19H2,1-4H3,(H,33,41)(H,34,38)(H,39,40);5-6,8-10,12-14,21H,4,7,11H2,1-3H3,(H,19,20);2*1-2H3/b11-9-;6-5-,9-8-,16-10+,18-12?;;/t21?,24-,27?,28?;;;/m0.../s1. The second-order valence-electron chi connectivity index (χ2n) is 16.1. The lowest BCUT2D eigenvalue weighted by Crippen LogP contribution is -2.53. The summed E-state index contributed by atoms with van der Waals surface area (Å²) in [5.74, 6) is -3.60. The lowest BCUT2D eigenvalue weighted by atomic mass is 9.98. The van der Waals surface area contributed by atoms with Crippen LogP contribution in [0, 0.1) is 17.7 Å². The van der Waals surface area contributed by atoms with Gasteiger partial charge in [0.05, 0.1) is 12.2 Å². The first-order valence-electron chi connectivity index (χ1n) is 24.2. The smallest absolute Gasteiger partial charge is 0.408 e. The van der Waals surface area contributed by atoms with Gasteiger partial charge in [-0.25, -0.2) is 19.0 Å². The number of ether oxygens (including phenoxy) is 1. The van der Waals surface area contributed by atoms with Gasteiger partial charge in [-0.05, 0) is 88.1 Å². The van der Waals surface area contributed by atoms with E-state index in [0.717, 1.165) is 49.4 Å². The predicted octanol–water partition coefficient (Wildman–Crippen LogP) is 10.8. The molecular formula is C52H81FN6O8S. The third-order valence-corrected chi connectivity index (χ3v) is 10.5. The number of hydrogen-bond donors (Lipinski definition) is 5. The van der Waals surface area contributed by atoms with Crippen molar-refractivity contribution >= 4 is 52.3 Å². The Balaban J connectivity index is 0.00000145. The molecule has 16 heteroatoms. The van der Waals surface area contributed by atoms with E-state index in [1.165, 1.54) is 29.2 Å². The number of ketones is 1. The molecule has 1 fully saturated rings. The Morgan fingerprint density at radius 3 is 2.28 bits per heavy atom. The Morgan fingerprint density at radius 2 is 1.66 bits per heavy atom. The summed E-state index contributed by atoms with van der Waals surface area (Å²) in [4.78, 5) is 73.0. The minimum Gasteiger partial charge on any atom is -0.508 e. The number of carboxylic acids is 1. The number of alkyl carbamates (subject to hydrolysis) is 1. The van der Waals surface area contributed by atoms with Gasteiger partial charge >= 0.3 is 12.1 Å². The van der Waals surface area contributed by atoms with Gasteiger partial charge in [0.15, 0.2) is 17.0 Å². The Morgan fingerprint density at radius 1 is 0.971 bits per heavy atom. The van der Waals surface area contributed by atoms with Crippen LogP contribution in [0.1, 0.15) is 139 Å². The number of halogens is 1. The summed E-state index contributed by atoms with van der Waals surface area (Å²) >= 11 is 1.56. The number of rotatable bonds is 25. The number of Topliss-reactive ketones (excluding diaryl/α,β-unsaturated/α-hetero) is 1. The molecule has 1 aromatic heterocycles. The highest BCUT2D eigenvalue weighted by molar-refractivity contribution is 7.13. The van der Waals surface area contributed by atoms with Crippen LogP contribution in [-0.4, -0.2) is 99.8 Å². The number of nitrogens with zero attached hydrogens (tertiary/aromatic N) is 3. The number of amides is 3. The van der Waals surface area contributed by atoms with Crippen molar-refractivity contribution in [2.45, 2.75) is 158 Å². The van der Waals surface area contributed by atoms with E-state index >= 15 is 0 Å². The number of benzene rings is 1. The number of carbonyl (C=O) groups excluding carboxylic acids is 4. The molecule has 0 radical (unpaired) electrons. The fourth-order valence-electron chi connectivity index (χ4n) is 6.37. The molecule has 68 heavy (non-hydrogen) atoms. The summed E-state index contributed by atoms with van der Waals surface area (Å²) in [5, 5.41) is 30.4. The maximum Gasteiger partial charge on any atom is 0.408 e. The van der Waals surface area contributed by atoms with Crippen LogP contribution >= 0.6 is 11.3 Å². The molecule has 0 aliphatic carbocycles. The maximum absolute atomic E-state index is 13.2. The van der Waals surface area contributed by atoms with Gasteiger partial charge in [0, 0.05) is 36.5 Å². The summed E-state index contributed by atoms with van der Waals surface area (Å²) < 4.78 is 18.5. The molecule has 1 aliphatic rings. The van der Waals surface area contributed by atoms with E-state index in [0.29, 0.717) is 31.0 Å². The first kappa shape index (κ1) is 62.4. The van der Waals surface area contributed by atoms with Gasteiger partial charge in [0.25, 0.3) is 0 Å². The van der Waals surface area contributed by atoms with Crippen LogP contribution in [0.3, 0.4) is 0 Å². The summed E-state index contributed by atoms with van der Waals surface area (Å²) in [6, 6.07) is 3.81. The summed E-state index contributed by atoms with van der Waals surface area (Å²) in [7, 11) is 0. The summed E-state index contributed by atoms with van der Waals surface area (Å²) in [6.07, 6.45) is 19.6. The summed E-state index contributed by atoms with van der Waals surface area (Å²) in [6.45, 7) is 21.8. The third-order valence-electron chi connectivity index (χ3n) is 9.74. The van der Waals surface area contributed by atoms with E-state index in [-0.39, 0.29) is 30.4 Å². The monoisotopic (exact) mass is 969 g/mol. The molecule has 2 aromatic rings. The van der Waals surface area contributed by atoms with Crippen molar-refractivity contribution in [2.24, 2.45) is 16.8 Å². The average Bonchev–Trinajstić information content (AvgIpc) is 4.00. The first-order chi connectivity index (χ1) is 32.6. The second-order valence-corrected chi connectivity index (χ2v) is 16.9. The Bertz CT molecular complexity index is 1910. The van der Waals surface area contributed by atoms with Gasteiger partial charge in [-0.1, -0.05) is 118 Å². The number of aromatic nitrogens is 1. The molecule has 1 aliphatic heterocycles. The number of anilines is 1. The Labute approximate surface area is 409 Å². The van der Waals surface area contributed by atoms with E-state index in [2.05, 4.69) is 65.8 Å². The van der Waals surface area contributed by atoms with Gasteiger partial charge in [-0.3, -0.25) is 19.4 Å². The van der Waals surface area contributed by atoms with Crippen LogP contribution in [0.2, 0.25) is 0 Å². The zero-order valence-electron chi connectivity index (χ0n) is 42.4. The molecule has 3 amide bonds. The van der Waals surface area contributed by atoms with E-state index in [1.807, 2.05) is 45.2 Å². The molecule has 380 valence electrons. The van der Waals surface area contributed by atoms with Crippen LogP contribution in [0.15, 0.2) is 82.9 Å². The van der Waals surface area contributed by atoms with Crippen molar-refractivity contribution in [1.82, 2.24) is 20.5 Å². The Kier molecular flexibility index (Phi) is 34.3. The van der Waals surface area contributed by atoms with E-state index in [9.17, 15) is 38.6 Å². The van der Waals surface area contributed by atoms with Crippen molar-refractivity contribution in [2.75, 3.05) is 25.0 Å². The number of unbranched alkanes of at least 4 members (excludes halogenated alkanes) is 3. The molecule has 1 aromatic carbocycles. The predicted molar refractivity (Wildman–Crippen MR) is 275 cm³/mol. The van der Waals surface area contributed by atoms with Gasteiger partial charge in [-0.15, -0.1) is 11.3 Å². The number of carbonyl (C=O) groups is 5. The highest BCUT2D eigenvalue weighted by Crippen LogP contribution is 2.20. The average molecular weight is 969 g/mol. The zero-order valence-corrected chi connectivity index (χ0v) is 43.2. The van der Waals surface area contributed by atoms with Gasteiger partial charge < -0.3 is 35.8 Å². The maximum atomic E-state index is 13.2. The summed E-state index contributed by atoms with van der Waals surface area (Å²) in [5.41, 5.74) is 1.41. The topological polar surface area (TPSA) is 200 Å². The Hall–Kier alpha value is -5.64. The molecular weight excluding hydrogens is 888 g/mol. The van der Waals surface area contributed by atoms with Crippen LogP contribution in [0.25, 0.3) is 0 Å². The molecule has 3 rings (SSSR count). The van der Waals surface area contributed by atoms with Crippen molar-refractivity contribution in [3.05, 3.63) is 95.0 Å². The second kappa shape index (κ2) is 37.4. The van der Waals surface area contributed by atoms with Gasteiger partial charge in [0.2, 0.25) is 11.8 Å². The van der Waals surface area contributed by atoms with Gasteiger partial charge in [-0.2, -0.15) is 0 Å². The minimum atomic E-state index is -1.16. The minimum absolute atomic E-state index is 0.0511. The van der Waals surface area contributed by atoms with Crippen LogP contribution in [0.4, 0.5) is 14.3 Å². The van der Waals surface area contributed by atoms with Crippen molar-refractivity contribution in [3.8, 4) is 0 Å². The van der Waals surface area contributed by atoms with E-state index in [4.69, 9.17) is 4.74 Å². The molecule has 4 atom stereocenters. The first-order valence-corrected chi connectivity index (χ1v) is 25.1. The number of aliphatic hydroxyl groups excluding tert-OH is 1. The van der Waals surface area contributed by atoms with Crippen LogP contribution in [0.5, 0.6) is 0 Å². The zero-order chi connectivity index (χ0) is 51.4. The number of aliphatic carboxylic acids is 1. The van der Waals surface area contributed by atoms with E-state index < -0.39 is 60.3 Å². The highest BCUT2D eigenvalue weighted by atomic mass is 32.1. The normalized spacial score (nSPS) is 15.0. The number of nitrogens with one attached hydrogen (secondary N) is 3. The lowest BCUT2D eigenvalue weighted by Gasteiger charge is -2.27. The van der Waals surface area contributed by atoms with E-state index in [1.54, 1.807) is 56.6 Å². The molecule has 0 spiro atoms. The number of likely N-dealkylation sites (tertiary alicyclic amines) is 1. The molecule has 5 N–H and O–H groups in total. The quantitative estimate of drug-likeness (QED) is 0.0210. The van der Waals surface area contributed by atoms with Crippen molar-refractivity contribution in [1.29, 1.82) is 0 Å². The molecule has 0 bridgehead atoms. The van der Waals surface area contributed by atoms with Crippen molar-refractivity contribution < 1.29 is 43.3 Å². The number of thiazole rings is 1. The van der Waals surface area contributed by atoms with Gasteiger partial charge in [0.1, 0.15) is 30.2 Å². The fourth-order valence-corrected chi connectivity index (χ4v) is 7.18. The number of allylic oxidation sites excluding steroid dienone is 5. The van der Waals surface area contributed by atoms with Crippen LogP contribution in [-0.2, 0) is 30.3 Å². The molecule has 14 nitrogen and oxygen atoms in total. The molecule has 0 saturated carbocycles. The lowest BCUT2D eigenvalue weighted by molar-refractivity contribution is -0.144. The largest absolute Gasteiger partial charge is 0.508 e. The third kappa shape index (κ3) is 26.6. The molecule has 2 heterocycles. The highest BCUT2D eigenvalue weighted by Gasteiger charge is 2.37. The van der Waals surface area contributed by atoms with Crippen molar-refractivity contribution in [3.63, 3.8) is 0 Å². The number of hydrogen-bond acceptors (Lipinski definition) is 11. The molecule has 3 unspecified atom stereocenters. The number of aliphatic imine (C=N–C) groups is 1. The number of carboxylic acid groups (broad SMARTS) is 1. The number of aliphatic hydroxyl groups is 1. The molecule has 1 saturated heterocycles. The fraction of sp³-hybridized carbons (Fsp3) is 0.558. The van der Waals surface area contributed by atoms with Crippen LogP contribution < -0.4 is 16.0 Å².